The molecule has 0 aromatic heterocycles. The normalized spacial score (nSPS) is 16.4. The lowest BCUT2D eigenvalue weighted by molar-refractivity contribution is -0.128. The van der Waals surface area contributed by atoms with Crippen molar-refractivity contribution in [3.8, 4) is 5.75 Å². The van der Waals surface area contributed by atoms with Gasteiger partial charge in [0.25, 0.3) is 5.91 Å². The van der Waals surface area contributed by atoms with Crippen LogP contribution >= 0.6 is 11.6 Å². The highest BCUT2D eigenvalue weighted by atomic mass is 35.5. The Morgan fingerprint density at radius 3 is 2.94 bits per heavy atom. The first-order chi connectivity index (χ1) is 8.19. The molecule has 1 aliphatic rings. The van der Waals surface area contributed by atoms with E-state index in [0.717, 1.165) is 12.8 Å². The van der Waals surface area contributed by atoms with Gasteiger partial charge in [-0.2, -0.15) is 0 Å². The van der Waals surface area contributed by atoms with Crippen molar-refractivity contribution in [2.24, 2.45) is 0 Å². The van der Waals surface area contributed by atoms with Crippen molar-refractivity contribution in [3.05, 3.63) is 29.3 Å². The molecule has 0 unspecified atom stereocenters. The molecule has 4 heteroatoms. The first kappa shape index (κ1) is 12.2. The molecule has 0 bridgehead atoms. The Morgan fingerprint density at radius 2 is 2.35 bits per heavy atom. The summed E-state index contributed by atoms with van der Waals surface area (Å²) in [5.74, 6) is 0.602. The van der Waals surface area contributed by atoms with Gasteiger partial charge in [-0.15, -0.1) is 0 Å². The molecule has 0 heterocycles. The summed E-state index contributed by atoms with van der Waals surface area (Å²) in [6, 6.07) is 7.47. The van der Waals surface area contributed by atoms with Crippen LogP contribution in [0.15, 0.2) is 24.3 Å². The van der Waals surface area contributed by atoms with Crippen LogP contribution in [-0.4, -0.2) is 18.1 Å². The molecule has 1 aromatic rings. The Hall–Kier alpha value is -1.22. The Labute approximate surface area is 106 Å². The van der Waals surface area contributed by atoms with E-state index >= 15 is 0 Å². The zero-order chi connectivity index (χ0) is 12.3. The average molecular weight is 254 g/mol. The van der Waals surface area contributed by atoms with Crippen molar-refractivity contribution >= 4 is 17.5 Å². The summed E-state index contributed by atoms with van der Waals surface area (Å²) in [6.45, 7) is 1.93. The predicted octanol–water partition coefficient (Wildman–Crippen LogP) is 2.78. The van der Waals surface area contributed by atoms with E-state index < -0.39 is 6.10 Å². The lowest BCUT2D eigenvalue weighted by Gasteiger charge is -2.17. The Morgan fingerprint density at radius 1 is 1.59 bits per heavy atom. The number of nitrogens with one attached hydrogen (secondary N) is 1. The second-order valence-corrected chi connectivity index (χ2v) is 4.69. The molecule has 17 heavy (non-hydrogen) atoms. The van der Waals surface area contributed by atoms with Crippen molar-refractivity contribution < 1.29 is 9.53 Å². The van der Waals surface area contributed by atoms with Crippen molar-refractivity contribution in [2.45, 2.75) is 38.3 Å². The first-order valence-electron chi connectivity index (χ1n) is 5.91. The van der Waals surface area contributed by atoms with Crippen LogP contribution in [0.4, 0.5) is 0 Å². The maximum Gasteiger partial charge on any atom is 0.261 e. The van der Waals surface area contributed by atoms with Gasteiger partial charge in [-0.05, 0) is 37.5 Å². The third kappa shape index (κ3) is 3.63. The first-order valence-corrected chi connectivity index (χ1v) is 6.29. The maximum atomic E-state index is 11.8. The molecule has 0 spiro atoms. The van der Waals surface area contributed by atoms with Crippen LogP contribution in [0.2, 0.25) is 5.02 Å². The Kier molecular flexibility index (Phi) is 3.89. The van der Waals surface area contributed by atoms with Crippen molar-refractivity contribution in [1.29, 1.82) is 0 Å². The maximum absolute atomic E-state index is 11.8. The van der Waals surface area contributed by atoms with E-state index in [-0.39, 0.29) is 5.91 Å². The van der Waals surface area contributed by atoms with E-state index in [1.165, 1.54) is 0 Å². The molecule has 3 nitrogen and oxygen atoms in total. The molecule has 1 fully saturated rings. The number of rotatable bonds is 5. The molecule has 92 valence electrons. The highest BCUT2D eigenvalue weighted by Crippen LogP contribution is 2.21. The van der Waals surface area contributed by atoms with E-state index in [1.807, 2.05) is 13.0 Å². The second-order valence-electron chi connectivity index (χ2n) is 4.25. The largest absolute Gasteiger partial charge is 0.481 e. The van der Waals surface area contributed by atoms with Gasteiger partial charge in [-0.1, -0.05) is 24.6 Å². The Bertz CT molecular complexity index is 404. The molecule has 1 atom stereocenters. The number of benzene rings is 1. The van der Waals surface area contributed by atoms with E-state index in [1.54, 1.807) is 18.2 Å². The van der Waals surface area contributed by atoms with Crippen LogP contribution in [0.25, 0.3) is 0 Å². The summed E-state index contributed by atoms with van der Waals surface area (Å²) >= 11 is 5.86. The fourth-order valence-electron chi connectivity index (χ4n) is 1.55. The zero-order valence-corrected chi connectivity index (χ0v) is 10.5. The molecule has 2 rings (SSSR count). The number of hydrogen-bond acceptors (Lipinski definition) is 2. The van der Waals surface area contributed by atoms with Gasteiger partial charge in [0.1, 0.15) is 5.75 Å². The van der Waals surface area contributed by atoms with Gasteiger partial charge in [-0.3, -0.25) is 4.79 Å². The fourth-order valence-corrected chi connectivity index (χ4v) is 1.73. The van der Waals surface area contributed by atoms with E-state index in [2.05, 4.69) is 5.32 Å². The van der Waals surface area contributed by atoms with Gasteiger partial charge in [0, 0.05) is 11.1 Å². The molecule has 1 amide bonds. The Balaban J connectivity index is 1.95. The smallest absolute Gasteiger partial charge is 0.261 e. The van der Waals surface area contributed by atoms with E-state index in [9.17, 15) is 4.79 Å². The standard InChI is InChI=1S/C13H16ClNO2/c1-2-12(13(16)15-10-6-7-10)17-11-5-3-4-9(14)8-11/h3-5,8,10,12H,2,6-7H2,1H3,(H,15,16)/t12-/m0/s1. The molecular formula is C13H16ClNO2. The second kappa shape index (κ2) is 5.41. The van der Waals surface area contributed by atoms with E-state index in [0.29, 0.717) is 23.2 Å². The van der Waals surface area contributed by atoms with Crippen molar-refractivity contribution in [2.75, 3.05) is 0 Å². The summed E-state index contributed by atoms with van der Waals surface area (Å²) in [4.78, 5) is 11.8. The summed E-state index contributed by atoms with van der Waals surface area (Å²) < 4.78 is 5.64. The van der Waals surface area contributed by atoms with E-state index in [4.69, 9.17) is 16.3 Å². The van der Waals surface area contributed by atoms with Crippen LogP contribution in [0.5, 0.6) is 5.75 Å². The lowest BCUT2D eigenvalue weighted by Crippen LogP contribution is -2.39. The summed E-state index contributed by atoms with van der Waals surface area (Å²) in [5.41, 5.74) is 0. The van der Waals surface area contributed by atoms with Gasteiger partial charge in [-0.25, -0.2) is 0 Å². The van der Waals surface area contributed by atoms with Crippen molar-refractivity contribution in [3.63, 3.8) is 0 Å². The quantitative estimate of drug-likeness (QED) is 0.876. The molecule has 1 aliphatic carbocycles. The number of ether oxygens (including phenoxy) is 1. The van der Waals surface area contributed by atoms with Crippen molar-refractivity contribution in [1.82, 2.24) is 5.32 Å². The molecule has 0 aliphatic heterocycles. The van der Waals surface area contributed by atoms with Crippen LogP contribution in [-0.2, 0) is 4.79 Å². The molecule has 1 N–H and O–H groups in total. The molecular weight excluding hydrogens is 238 g/mol. The summed E-state index contributed by atoms with van der Waals surface area (Å²) in [7, 11) is 0. The number of amides is 1. The van der Waals surface area contributed by atoms with Gasteiger partial charge >= 0.3 is 0 Å². The van der Waals surface area contributed by atoms with Gasteiger partial charge in [0.2, 0.25) is 0 Å². The number of carbonyl (C=O) groups is 1. The van der Waals surface area contributed by atoms with Crippen LogP contribution in [0.3, 0.4) is 0 Å². The molecule has 0 saturated heterocycles. The SMILES string of the molecule is CC[C@H](Oc1cccc(Cl)c1)C(=O)NC1CC1. The highest BCUT2D eigenvalue weighted by molar-refractivity contribution is 6.30. The fraction of sp³-hybridized carbons (Fsp3) is 0.462. The minimum absolute atomic E-state index is 0.0324. The minimum Gasteiger partial charge on any atom is -0.481 e. The van der Waals surface area contributed by atoms with Crippen LogP contribution < -0.4 is 10.1 Å². The van der Waals surface area contributed by atoms with Gasteiger partial charge < -0.3 is 10.1 Å². The van der Waals surface area contributed by atoms with Crippen LogP contribution in [0.1, 0.15) is 26.2 Å². The highest BCUT2D eigenvalue weighted by Gasteiger charge is 2.27. The minimum atomic E-state index is -0.436. The molecule has 1 saturated carbocycles. The number of carbonyl (C=O) groups excluding carboxylic acids is 1. The number of hydrogen-bond donors (Lipinski definition) is 1. The summed E-state index contributed by atoms with van der Waals surface area (Å²) in [5, 5.41) is 3.55. The average Bonchev–Trinajstić information content (AvgIpc) is 3.09. The summed E-state index contributed by atoms with van der Waals surface area (Å²) in [6.07, 6.45) is 2.37. The third-order valence-electron chi connectivity index (χ3n) is 2.66. The topological polar surface area (TPSA) is 38.3 Å². The van der Waals surface area contributed by atoms with Gasteiger partial charge in [0.15, 0.2) is 6.10 Å². The lowest BCUT2D eigenvalue weighted by atomic mass is 10.2. The predicted molar refractivity (Wildman–Crippen MR) is 67.3 cm³/mol. The third-order valence-corrected chi connectivity index (χ3v) is 2.90. The van der Waals surface area contributed by atoms with Crippen LogP contribution in [0, 0.1) is 0 Å². The monoisotopic (exact) mass is 253 g/mol. The van der Waals surface area contributed by atoms with Gasteiger partial charge in [0.05, 0.1) is 0 Å². The number of halogens is 1. The molecule has 1 aromatic carbocycles. The molecule has 0 radical (unpaired) electrons. The zero-order valence-electron chi connectivity index (χ0n) is 9.78.